The van der Waals surface area contributed by atoms with Crippen LogP contribution in [0.15, 0.2) is 18.2 Å². The van der Waals surface area contributed by atoms with E-state index in [1.54, 1.807) is 0 Å². The standard InChI is InChI=1S/C27H55N7O.ClH/c1-24(2)21-32-14-7-17-35-27-19-25(22-33-13-6-12-31-11-3-8-28)18-26(20-27)23-34(15-4-9-29)16-5-10-30;/h18-20,24,31-33H,3-17,21-23,28-30H2,1-2H3;1H. The molecular formula is C27H56ClN7O. The molecule has 212 valence electrons. The van der Waals surface area contributed by atoms with Crippen molar-refractivity contribution in [3.05, 3.63) is 29.3 Å². The summed E-state index contributed by atoms with van der Waals surface area (Å²) >= 11 is 0. The van der Waals surface area contributed by atoms with Crippen LogP contribution in [-0.4, -0.2) is 77.0 Å². The Morgan fingerprint density at radius 2 is 1.36 bits per heavy atom. The Morgan fingerprint density at radius 3 is 2.03 bits per heavy atom. The average Bonchev–Trinajstić information content (AvgIpc) is 2.84. The first-order valence-electron chi connectivity index (χ1n) is 13.8. The van der Waals surface area contributed by atoms with Crippen LogP contribution in [0.3, 0.4) is 0 Å². The quantitative estimate of drug-likeness (QED) is 0.112. The largest absolute Gasteiger partial charge is 0.494 e. The molecule has 0 aromatic heterocycles. The van der Waals surface area contributed by atoms with Gasteiger partial charge >= 0.3 is 0 Å². The zero-order chi connectivity index (χ0) is 25.6. The van der Waals surface area contributed by atoms with Gasteiger partial charge in [-0.1, -0.05) is 19.9 Å². The third kappa shape index (κ3) is 19.2. The highest BCUT2D eigenvalue weighted by atomic mass is 35.5. The molecule has 1 aromatic rings. The first kappa shape index (κ1) is 35.0. The lowest BCUT2D eigenvalue weighted by atomic mass is 10.1. The van der Waals surface area contributed by atoms with E-state index < -0.39 is 0 Å². The zero-order valence-corrected chi connectivity index (χ0v) is 23.8. The van der Waals surface area contributed by atoms with Gasteiger partial charge in [0.1, 0.15) is 5.75 Å². The third-order valence-corrected chi connectivity index (χ3v) is 5.70. The molecule has 0 fully saturated rings. The highest BCUT2D eigenvalue weighted by molar-refractivity contribution is 5.85. The molecule has 0 spiro atoms. The van der Waals surface area contributed by atoms with E-state index in [2.05, 4.69) is 52.9 Å². The van der Waals surface area contributed by atoms with Gasteiger partial charge in [-0.05, 0) is 127 Å². The minimum Gasteiger partial charge on any atom is -0.494 e. The van der Waals surface area contributed by atoms with Crippen LogP contribution in [0.2, 0.25) is 0 Å². The highest BCUT2D eigenvalue weighted by Crippen LogP contribution is 2.20. The van der Waals surface area contributed by atoms with Gasteiger partial charge in [0.15, 0.2) is 0 Å². The average molecular weight is 530 g/mol. The van der Waals surface area contributed by atoms with E-state index >= 15 is 0 Å². The molecule has 0 aliphatic heterocycles. The summed E-state index contributed by atoms with van der Waals surface area (Å²) < 4.78 is 6.17. The summed E-state index contributed by atoms with van der Waals surface area (Å²) in [4.78, 5) is 2.46. The predicted molar refractivity (Wildman–Crippen MR) is 157 cm³/mol. The van der Waals surface area contributed by atoms with Gasteiger partial charge in [-0.3, -0.25) is 4.90 Å². The number of nitrogens with zero attached hydrogens (tertiary/aromatic N) is 1. The fourth-order valence-corrected chi connectivity index (χ4v) is 3.86. The van der Waals surface area contributed by atoms with Crippen molar-refractivity contribution in [2.45, 2.75) is 59.0 Å². The Labute approximate surface area is 227 Å². The fourth-order valence-electron chi connectivity index (χ4n) is 3.86. The molecule has 0 saturated heterocycles. The minimum absolute atomic E-state index is 0. The second-order valence-electron chi connectivity index (χ2n) is 9.77. The summed E-state index contributed by atoms with van der Waals surface area (Å²) in [6.45, 7) is 16.1. The summed E-state index contributed by atoms with van der Waals surface area (Å²) in [5.41, 5.74) is 19.6. The van der Waals surface area contributed by atoms with Gasteiger partial charge in [-0.25, -0.2) is 0 Å². The van der Waals surface area contributed by atoms with Gasteiger partial charge in [-0.15, -0.1) is 12.4 Å². The normalized spacial score (nSPS) is 11.3. The van der Waals surface area contributed by atoms with Gasteiger partial charge in [-0.2, -0.15) is 0 Å². The SMILES string of the molecule is CC(C)CNCCCOc1cc(CNCCCNCCCN)cc(CN(CCCN)CCCN)c1.Cl. The number of nitrogens with one attached hydrogen (secondary N) is 3. The van der Waals surface area contributed by atoms with E-state index in [-0.39, 0.29) is 12.4 Å². The maximum absolute atomic E-state index is 6.17. The Morgan fingerprint density at radius 1 is 0.750 bits per heavy atom. The van der Waals surface area contributed by atoms with Crippen LogP contribution in [-0.2, 0) is 13.1 Å². The van der Waals surface area contributed by atoms with E-state index in [1.165, 1.54) is 11.1 Å². The van der Waals surface area contributed by atoms with Crippen LogP contribution in [0.25, 0.3) is 0 Å². The maximum atomic E-state index is 6.17. The second kappa shape index (κ2) is 24.4. The topological polar surface area (TPSA) is 127 Å². The van der Waals surface area contributed by atoms with Crippen LogP contribution in [0, 0.1) is 5.92 Å². The van der Waals surface area contributed by atoms with Crippen LogP contribution in [0.5, 0.6) is 5.75 Å². The molecular weight excluding hydrogens is 474 g/mol. The van der Waals surface area contributed by atoms with Gasteiger partial charge in [0.2, 0.25) is 0 Å². The molecule has 8 nitrogen and oxygen atoms in total. The number of nitrogens with two attached hydrogens (primary N) is 3. The number of ether oxygens (including phenoxy) is 1. The maximum Gasteiger partial charge on any atom is 0.119 e. The predicted octanol–water partition coefficient (Wildman–Crippen LogP) is 2.04. The first-order chi connectivity index (χ1) is 17.1. The van der Waals surface area contributed by atoms with Crippen LogP contribution < -0.4 is 37.9 Å². The molecule has 0 atom stereocenters. The zero-order valence-electron chi connectivity index (χ0n) is 23.0. The van der Waals surface area contributed by atoms with Crippen molar-refractivity contribution in [3.8, 4) is 5.75 Å². The summed E-state index contributed by atoms with van der Waals surface area (Å²) in [5.74, 6) is 1.63. The van der Waals surface area contributed by atoms with Crippen molar-refractivity contribution in [2.75, 3.05) is 72.1 Å². The molecule has 36 heavy (non-hydrogen) atoms. The lowest BCUT2D eigenvalue weighted by Gasteiger charge is -2.23. The van der Waals surface area contributed by atoms with Crippen LogP contribution >= 0.6 is 12.4 Å². The summed E-state index contributed by atoms with van der Waals surface area (Å²) in [6, 6.07) is 6.69. The molecule has 0 aliphatic carbocycles. The Balaban J connectivity index is 0.0000122. The number of rotatable bonds is 24. The van der Waals surface area contributed by atoms with Crippen molar-refractivity contribution >= 4 is 12.4 Å². The lowest BCUT2D eigenvalue weighted by Crippen LogP contribution is -2.28. The van der Waals surface area contributed by atoms with E-state index in [9.17, 15) is 0 Å². The molecule has 0 saturated carbocycles. The van der Waals surface area contributed by atoms with Crippen molar-refractivity contribution in [1.29, 1.82) is 0 Å². The van der Waals surface area contributed by atoms with E-state index in [4.69, 9.17) is 21.9 Å². The Hall–Kier alpha value is -0.970. The third-order valence-electron chi connectivity index (χ3n) is 5.70. The van der Waals surface area contributed by atoms with Crippen LogP contribution in [0.4, 0.5) is 0 Å². The second-order valence-corrected chi connectivity index (χ2v) is 9.77. The monoisotopic (exact) mass is 529 g/mol. The Kier molecular flexibility index (Phi) is 23.7. The molecule has 9 heteroatoms. The molecule has 0 aliphatic rings. The van der Waals surface area contributed by atoms with E-state index in [0.717, 1.165) is 110 Å². The van der Waals surface area contributed by atoms with Crippen molar-refractivity contribution < 1.29 is 4.74 Å². The number of hydrogen-bond donors (Lipinski definition) is 6. The molecule has 0 amide bonds. The fraction of sp³-hybridized carbons (Fsp3) is 0.778. The molecule has 9 N–H and O–H groups in total. The summed E-state index contributed by atoms with van der Waals surface area (Å²) in [6.07, 6.45) is 5.13. The van der Waals surface area contributed by atoms with Gasteiger partial charge in [0.25, 0.3) is 0 Å². The van der Waals surface area contributed by atoms with E-state index in [0.29, 0.717) is 19.0 Å². The summed E-state index contributed by atoms with van der Waals surface area (Å²) in [7, 11) is 0. The Bertz CT molecular complexity index is 614. The molecule has 0 radical (unpaired) electrons. The smallest absolute Gasteiger partial charge is 0.119 e. The molecule has 0 bridgehead atoms. The van der Waals surface area contributed by atoms with Crippen molar-refractivity contribution in [2.24, 2.45) is 23.1 Å². The first-order valence-corrected chi connectivity index (χ1v) is 13.8. The van der Waals surface area contributed by atoms with E-state index in [1.807, 2.05) is 0 Å². The van der Waals surface area contributed by atoms with Gasteiger partial charge < -0.3 is 37.9 Å². The number of hydrogen-bond acceptors (Lipinski definition) is 8. The minimum atomic E-state index is 0. The number of benzene rings is 1. The molecule has 1 aromatic carbocycles. The number of halogens is 1. The van der Waals surface area contributed by atoms with Crippen molar-refractivity contribution in [3.63, 3.8) is 0 Å². The summed E-state index contributed by atoms with van der Waals surface area (Å²) in [5, 5.41) is 10.5. The molecule has 0 heterocycles. The molecule has 1 rings (SSSR count). The van der Waals surface area contributed by atoms with Crippen molar-refractivity contribution in [1.82, 2.24) is 20.9 Å². The lowest BCUT2D eigenvalue weighted by molar-refractivity contribution is 0.260. The highest BCUT2D eigenvalue weighted by Gasteiger charge is 2.09. The van der Waals surface area contributed by atoms with Gasteiger partial charge in [0.05, 0.1) is 6.61 Å². The van der Waals surface area contributed by atoms with Gasteiger partial charge in [0, 0.05) is 13.1 Å². The molecule has 0 unspecified atom stereocenters. The van der Waals surface area contributed by atoms with Crippen LogP contribution in [0.1, 0.15) is 57.1 Å².